The standard InChI is InChI=1S/C13H16ClNO3/c14-12-6-5-11(15(16)17)9-13(12)18-8-7-10-3-1-2-4-10/h5-6,9-10H,1-4,7-8H2. The summed E-state index contributed by atoms with van der Waals surface area (Å²) in [5, 5.41) is 11.1. The fourth-order valence-corrected chi connectivity index (χ4v) is 2.52. The van der Waals surface area contributed by atoms with Crippen LogP contribution in [-0.4, -0.2) is 11.5 Å². The number of rotatable bonds is 5. The summed E-state index contributed by atoms with van der Waals surface area (Å²) in [6, 6.07) is 4.27. The number of benzene rings is 1. The Hall–Kier alpha value is -1.29. The molecule has 5 heteroatoms. The molecule has 0 bridgehead atoms. The molecule has 1 fully saturated rings. The van der Waals surface area contributed by atoms with Crippen LogP contribution < -0.4 is 4.74 Å². The van der Waals surface area contributed by atoms with E-state index in [9.17, 15) is 10.1 Å². The molecule has 2 rings (SSSR count). The maximum Gasteiger partial charge on any atom is 0.273 e. The largest absolute Gasteiger partial charge is 0.492 e. The Kier molecular flexibility index (Phi) is 4.42. The lowest BCUT2D eigenvalue weighted by Gasteiger charge is -2.11. The molecule has 1 aromatic carbocycles. The van der Waals surface area contributed by atoms with Crippen molar-refractivity contribution in [3.63, 3.8) is 0 Å². The molecule has 0 spiro atoms. The average molecular weight is 270 g/mol. The van der Waals surface area contributed by atoms with Gasteiger partial charge >= 0.3 is 0 Å². The third-order valence-corrected chi connectivity index (χ3v) is 3.70. The van der Waals surface area contributed by atoms with Crippen molar-refractivity contribution in [1.82, 2.24) is 0 Å². The zero-order chi connectivity index (χ0) is 13.0. The molecule has 4 nitrogen and oxygen atoms in total. The summed E-state index contributed by atoms with van der Waals surface area (Å²) in [5.74, 6) is 1.14. The number of nitrogens with zero attached hydrogens (tertiary/aromatic N) is 1. The second-order valence-electron chi connectivity index (χ2n) is 4.66. The highest BCUT2D eigenvalue weighted by Gasteiger charge is 2.15. The first-order valence-electron chi connectivity index (χ1n) is 6.23. The molecule has 1 aromatic rings. The van der Waals surface area contributed by atoms with E-state index in [4.69, 9.17) is 16.3 Å². The number of nitro groups is 1. The topological polar surface area (TPSA) is 52.4 Å². The SMILES string of the molecule is O=[N+]([O-])c1ccc(Cl)c(OCCC2CCCC2)c1. The molecule has 0 aliphatic heterocycles. The van der Waals surface area contributed by atoms with Crippen LogP contribution >= 0.6 is 11.6 Å². The molecule has 1 aliphatic rings. The van der Waals surface area contributed by atoms with Crippen molar-refractivity contribution in [2.24, 2.45) is 5.92 Å². The van der Waals surface area contributed by atoms with E-state index in [1.54, 1.807) is 0 Å². The lowest BCUT2D eigenvalue weighted by Crippen LogP contribution is -2.04. The second kappa shape index (κ2) is 6.05. The monoisotopic (exact) mass is 269 g/mol. The van der Waals surface area contributed by atoms with Crippen LogP contribution in [0.15, 0.2) is 18.2 Å². The lowest BCUT2D eigenvalue weighted by molar-refractivity contribution is -0.384. The van der Waals surface area contributed by atoms with Crippen LogP contribution in [0.2, 0.25) is 5.02 Å². The predicted molar refractivity (Wildman–Crippen MR) is 70.2 cm³/mol. The summed E-state index contributed by atoms with van der Waals surface area (Å²) < 4.78 is 5.55. The zero-order valence-electron chi connectivity index (χ0n) is 10.1. The molecule has 18 heavy (non-hydrogen) atoms. The van der Waals surface area contributed by atoms with E-state index in [1.165, 1.54) is 43.9 Å². The number of ether oxygens (including phenoxy) is 1. The maximum atomic E-state index is 10.7. The molecule has 1 saturated carbocycles. The summed E-state index contributed by atoms with van der Waals surface area (Å²) in [4.78, 5) is 10.2. The molecule has 98 valence electrons. The van der Waals surface area contributed by atoms with E-state index < -0.39 is 4.92 Å². The third-order valence-electron chi connectivity index (χ3n) is 3.38. The minimum absolute atomic E-state index is 0.00951. The van der Waals surface area contributed by atoms with Gasteiger partial charge in [-0.1, -0.05) is 37.3 Å². The van der Waals surface area contributed by atoms with E-state index in [-0.39, 0.29) is 5.69 Å². The lowest BCUT2D eigenvalue weighted by atomic mass is 10.1. The van der Waals surface area contributed by atoms with Crippen LogP contribution in [0.25, 0.3) is 0 Å². The Morgan fingerprint density at radius 2 is 2.11 bits per heavy atom. The molecule has 0 unspecified atom stereocenters. The van der Waals surface area contributed by atoms with Crippen LogP contribution in [0.4, 0.5) is 5.69 Å². The molecule has 0 N–H and O–H groups in total. The van der Waals surface area contributed by atoms with Gasteiger partial charge in [-0.05, 0) is 18.4 Å². The number of non-ortho nitro benzene ring substituents is 1. The quantitative estimate of drug-likeness (QED) is 0.594. The zero-order valence-corrected chi connectivity index (χ0v) is 10.9. The van der Waals surface area contributed by atoms with Gasteiger partial charge in [-0.2, -0.15) is 0 Å². The van der Waals surface area contributed by atoms with Crippen LogP contribution in [0.1, 0.15) is 32.1 Å². The van der Waals surface area contributed by atoms with Gasteiger partial charge in [0, 0.05) is 6.07 Å². The van der Waals surface area contributed by atoms with Gasteiger partial charge in [0.15, 0.2) is 0 Å². The van der Waals surface area contributed by atoms with Crippen molar-refractivity contribution < 1.29 is 9.66 Å². The third kappa shape index (κ3) is 3.35. The Labute approximate surface area is 111 Å². The first-order chi connectivity index (χ1) is 8.66. The maximum absolute atomic E-state index is 10.7. The normalized spacial score (nSPS) is 15.8. The molecule has 0 amide bonds. The highest BCUT2D eigenvalue weighted by molar-refractivity contribution is 6.32. The Morgan fingerprint density at radius 3 is 2.78 bits per heavy atom. The van der Waals surface area contributed by atoms with Gasteiger partial charge in [0.05, 0.1) is 22.6 Å². The van der Waals surface area contributed by atoms with Crippen molar-refractivity contribution in [2.75, 3.05) is 6.61 Å². The molecular weight excluding hydrogens is 254 g/mol. The Morgan fingerprint density at radius 1 is 1.39 bits per heavy atom. The van der Waals surface area contributed by atoms with E-state index in [0.29, 0.717) is 17.4 Å². The van der Waals surface area contributed by atoms with Gasteiger partial charge in [0.2, 0.25) is 0 Å². The van der Waals surface area contributed by atoms with Crippen LogP contribution in [0.3, 0.4) is 0 Å². The summed E-state index contributed by atoms with van der Waals surface area (Å²) in [6.45, 7) is 0.575. The van der Waals surface area contributed by atoms with Gasteiger partial charge in [0.25, 0.3) is 5.69 Å². The first kappa shape index (κ1) is 13.1. The van der Waals surface area contributed by atoms with Crippen molar-refractivity contribution in [1.29, 1.82) is 0 Å². The van der Waals surface area contributed by atoms with E-state index in [1.807, 2.05) is 0 Å². The van der Waals surface area contributed by atoms with Crippen molar-refractivity contribution in [2.45, 2.75) is 32.1 Å². The molecular formula is C13H16ClNO3. The molecule has 0 heterocycles. The predicted octanol–water partition coefficient (Wildman–Crippen LogP) is 4.21. The molecule has 0 aromatic heterocycles. The van der Waals surface area contributed by atoms with Gasteiger partial charge < -0.3 is 4.74 Å². The van der Waals surface area contributed by atoms with Gasteiger partial charge in [-0.3, -0.25) is 10.1 Å². The summed E-state index contributed by atoms with van der Waals surface area (Å²) in [6.07, 6.45) is 6.15. The van der Waals surface area contributed by atoms with E-state index in [0.717, 1.165) is 12.3 Å². The fourth-order valence-electron chi connectivity index (χ4n) is 2.35. The number of nitro benzene ring substituents is 1. The molecule has 0 atom stereocenters. The molecule has 1 aliphatic carbocycles. The van der Waals surface area contributed by atoms with E-state index >= 15 is 0 Å². The number of halogens is 1. The fraction of sp³-hybridized carbons (Fsp3) is 0.538. The summed E-state index contributed by atoms with van der Waals surface area (Å²) >= 11 is 5.95. The number of hydrogen-bond acceptors (Lipinski definition) is 3. The highest BCUT2D eigenvalue weighted by Crippen LogP contribution is 2.31. The van der Waals surface area contributed by atoms with Crippen LogP contribution in [-0.2, 0) is 0 Å². The van der Waals surface area contributed by atoms with Crippen LogP contribution in [0.5, 0.6) is 5.75 Å². The van der Waals surface area contributed by atoms with Crippen molar-refractivity contribution in [3.05, 3.63) is 33.3 Å². The van der Waals surface area contributed by atoms with Gasteiger partial charge in [-0.25, -0.2) is 0 Å². The molecule has 0 saturated heterocycles. The summed E-state index contributed by atoms with van der Waals surface area (Å²) in [7, 11) is 0. The van der Waals surface area contributed by atoms with Crippen molar-refractivity contribution >= 4 is 17.3 Å². The summed E-state index contributed by atoms with van der Waals surface area (Å²) in [5.41, 5.74) is 0.00951. The molecule has 0 radical (unpaired) electrons. The Balaban J connectivity index is 1.91. The van der Waals surface area contributed by atoms with Crippen LogP contribution in [0, 0.1) is 16.0 Å². The average Bonchev–Trinajstić information content (AvgIpc) is 2.84. The second-order valence-corrected chi connectivity index (χ2v) is 5.07. The van der Waals surface area contributed by atoms with Crippen molar-refractivity contribution in [3.8, 4) is 5.75 Å². The highest BCUT2D eigenvalue weighted by atomic mass is 35.5. The van der Waals surface area contributed by atoms with Gasteiger partial charge in [-0.15, -0.1) is 0 Å². The smallest absolute Gasteiger partial charge is 0.273 e. The number of hydrogen-bond donors (Lipinski definition) is 0. The Bertz CT molecular complexity index is 430. The van der Waals surface area contributed by atoms with Gasteiger partial charge in [0.1, 0.15) is 5.75 Å². The minimum atomic E-state index is -0.444. The van der Waals surface area contributed by atoms with E-state index in [2.05, 4.69) is 0 Å². The first-order valence-corrected chi connectivity index (χ1v) is 6.61. The minimum Gasteiger partial charge on any atom is -0.492 e.